The maximum absolute atomic E-state index is 12.3. The molecule has 3 N–H and O–H groups in total. The first-order chi connectivity index (χ1) is 17.6. The first-order valence-corrected chi connectivity index (χ1v) is 12.0. The van der Waals surface area contributed by atoms with Crippen LogP contribution in [-0.2, 0) is 11.3 Å². The van der Waals surface area contributed by atoms with Gasteiger partial charge in [-0.2, -0.15) is 9.61 Å². The van der Waals surface area contributed by atoms with E-state index in [0.717, 1.165) is 10.0 Å². The maximum atomic E-state index is 12.3. The first-order valence-electron chi connectivity index (χ1n) is 11.2. The van der Waals surface area contributed by atoms with Crippen LogP contribution in [0.25, 0.3) is 16.9 Å². The van der Waals surface area contributed by atoms with Crippen molar-refractivity contribution in [2.24, 2.45) is 0 Å². The number of anilines is 2. The number of nitrogens with zero attached hydrogens (tertiary/aromatic N) is 3. The average Bonchev–Trinajstić information content (AvgIpc) is 3.28. The summed E-state index contributed by atoms with van der Waals surface area (Å²) >= 11 is 3.50. The van der Waals surface area contributed by atoms with E-state index in [0.29, 0.717) is 40.7 Å². The molecule has 0 atom stereocenters. The summed E-state index contributed by atoms with van der Waals surface area (Å²) in [5, 5.41) is 21.0. The average molecular weight is 544 g/mol. The fourth-order valence-corrected chi connectivity index (χ4v) is 4.05. The fourth-order valence-electron chi connectivity index (χ4n) is 3.70. The molecule has 0 aliphatic heterocycles. The van der Waals surface area contributed by atoms with Crippen molar-refractivity contribution in [2.75, 3.05) is 17.2 Å². The number of phenols is 1. The van der Waals surface area contributed by atoms with Gasteiger partial charge in [-0.15, -0.1) is 0 Å². The van der Waals surface area contributed by atoms with Crippen molar-refractivity contribution in [1.29, 1.82) is 0 Å². The van der Waals surface area contributed by atoms with Gasteiger partial charge in [0, 0.05) is 23.9 Å². The van der Waals surface area contributed by atoms with E-state index in [4.69, 9.17) is 4.74 Å². The van der Waals surface area contributed by atoms with Gasteiger partial charge in [0.2, 0.25) is 0 Å². The Balaban J connectivity index is 1.30. The van der Waals surface area contributed by atoms with Crippen LogP contribution in [0.1, 0.15) is 5.56 Å². The van der Waals surface area contributed by atoms with Crippen molar-refractivity contribution >= 4 is 39.0 Å². The second-order valence-corrected chi connectivity index (χ2v) is 8.83. The van der Waals surface area contributed by atoms with Gasteiger partial charge in [0.1, 0.15) is 17.3 Å². The molecule has 0 fully saturated rings. The van der Waals surface area contributed by atoms with E-state index in [1.165, 1.54) is 0 Å². The third kappa shape index (κ3) is 5.31. The lowest BCUT2D eigenvalue weighted by molar-refractivity contribution is -0.118. The first kappa shape index (κ1) is 23.4. The molecule has 0 aliphatic rings. The Morgan fingerprint density at radius 1 is 1.00 bits per heavy atom. The lowest BCUT2D eigenvalue weighted by Crippen LogP contribution is -2.20. The number of hydrogen-bond donors (Lipinski definition) is 3. The predicted octanol–water partition coefficient (Wildman–Crippen LogP) is 5.49. The summed E-state index contributed by atoms with van der Waals surface area (Å²) in [4.78, 5) is 17.0. The molecular formula is C27H22BrN5O3. The molecular weight excluding hydrogens is 522 g/mol. The van der Waals surface area contributed by atoms with Crippen LogP contribution in [0.4, 0.5) is 11.5 Å². The summed E-state index contributed by atoms with van der Waals surface area (Å²) in [6, 6.07) is 25.7. The number of fused-ring (bicyclic) bond motifs is 1. The molecule has 0 radical (unpaired) electrons. The van der Waals surface area contributed by atoms with Crippen molar-refractivity contribution < 1.29 is 14.6 Å². The second kappa shape index (κ2) is 10.5. The highest BCUT2D eigenvalue weighted by molar-refractivity contribution is 9.10. The number of benzene rings is 3. The van der Waals surface area contributed by atoms with Gasteiger partial charge in [-0.25, -0.2) is 4.98 Å². The van der Waals surface area contributed by atoms with E-state index < -0.39 is 0 Å². The van der Waals surface area contributed by atoms with E-state index >= 15 is 0 Å². The van der Waals surface area contributed by atoms with Crippen molar-refractivity contribution in [3.63, 3.8) is 0 Å². The number of aromatic hydroxyl groups is 1. The van der Waals surface area contributed by atoms with Gasteiger partial charge in [-0.05, 0) is 57.9 Å². The highest BCUT2D eigenvalue weighted by Gasteiger charge is 2.14. The van der Waals surface area contributed by atoms with Crippen molar-refractivity contribution in [2.45, 2.75) is 6.54 Å². The zero-order valence-electron chi connectivity index (χ0n) is 19.1. The van der Waals surface area contributed by atoms with E-state index in [1.807, 2.05) is 60.7 Å². The number of nitrogens with one attached hydrogen (secondary N) is 2. The van der Waals surface area contributed by atoms with E-state index in [1.54, 1.807) is 35.0 Å². The second-order valence-electron chi connectivity index (χ2n) is 7.98. The Kier molecular flexibility index (Phi) is 6.81. The molecule has 0 spiro atoms. The lowest BCUT2D eigenvalue weighted by Gasteiger charge is -2.13. The molecule has 3 aromatic carbocycles. The molecule has 5 aromatic rings. The summed E-state index contributed by atoms with van der Waals surface area (Å²) in [5.74, 6) is 1.25. The van der Waals surface area contributed by atoms with Gasteiger partial charge in [0.25, 0.3) is 5.91 Å². The van der Waals surface area contributed by atoms with Crippen LogP contribution in [0, 0.1) is 0 Å². The molecule has 5 rings (SSSR count). The number of rotatable bonds is 8. The Labute approximate surface area is 215 Å². The normalized spacial score (nSPS) is 10.8. The molecule has 0 unspecified atom stereocenters. The summed E-state index contributed by atoms with van der Waals surface area (Å²) < 4.78 is 7.95. The SMILES string of the molecule is O=C(COc1ccccc1)Nc1cccc(CNc2cc(-c3ccccc3O)nc3c(Br)cnn23)c1. The molecule has 0 bridgehead atoms. The number of para-hydroxylation sites is 2. The Morgan fingerprint density at radius 3 is 2.64 bits per heavy atom. The number of carbonyl (C=O) groups excluding carboxylic acids is 1. The molecule has 36 heavy (non-hydrogen) atoms. The Morgan fingerprint density at radius 2 is 1.81 bits per heavy atom. The minimum atomic E-state index is -0.242. The van der Waals surface area contributed by atoms with Crippen molar-refractivity contribution in [3.8, 4) is 22.8 Å². The molecule has 0 saturated carbocycles. The zero-order chi connectivity index (χ0) is 24.9. The van der Waals surface area contributed by atoms with Crippen LogP contribution in [0.2, 0.25) is 0 Å². The number of aromatic nitrogens is 3. The summed E-state index contributed by atoms with van der Waals surface area (Å²) in [7, 11) is 0. The van der Waals surface area contributed by atoms with Crippen LogP contribution in [0.15, 0.2) is 95.6 Å². The minimum Gasteiger partial charge on any atom is -0.507 e. The maximum Gasteiger partial charge on any atom is 0.262 e. The monoisotopic (exact) mass is 543 g/mol. The third-order valence-electron chi connectivity index (χ3n) is 5.41. The number of carbonyl (C=O) groups is 1. The van der Waals surface area contributed by atoms with Crippen molar-refractivity contribution in [3.05, 3.63) is 101 Å². The smallest absolute Gasteiger partial charge is 0.262 e. The van der Waals surface area contributed by atoms with Gasteiger partial charge in [-0.1, -0.05) is 42.5 Å². The van der Waals surface area contributed by atoms with Gasteiger partial charge in [-0.3, -0.25) is 4.79 Å². The molecule has 0 aliphatic carbocycles. The van der Waals surface area contributed by atoms with Crippen LogP contribution in [-0.4, -0.2) is 32.2 Å². The van der Waals surface area contributed by atoms with E-state index in [-0.39, 0.29) is 18.3 Å². The molecule has 180 valence electrons. The summed E-state index contributed by atoms with van der Waals surface area (Å²) in [6.07, 6.45) is 1.68. The Hall–Kier alpha value is -4.37. The predicted molar refractivity (Wildman–Crippen MR) is 142 cm³/mol. The van der Waals surface area contributed by atoms with Gasteiger partial charge < -0.3 is 20.5 Å². The standard InChI is InChI=1S/C27H22BrN5O3/c28-22-16-30-33-25(14-23(32-27(22)33)21-11-4-5-12-24(21)34)29-15-18-7-6-8-19(13-18)31-26(35)17-36-20-9-2-1-3-10-20/h1-14,16,29,34H,15,17H2,(H,31,35). The fraction of sp³-hybridized carbons (Fsp3) is 0.0741. The highest BCUT2D eigenvalue weighted by atomic mass is 79.9. The van der Waals surface area contributed by atoms with Crippen LogP contribution >= 0.6 is 15.9 Å². The molecule has 2 aromatic heterocycles. The van der Waals surface area contributed by atoms with E-state index in [9.17, 15) is 9.90 Å². The zero-order valence-corrected chi connectivity index (χ0v) is 20.6. The Bertz CT molecular complexity index is 1520. The third-order valence-corrected chi connectivity index (χ3v) is 5.97. The number of phenolic OH excluding ortho intramolecular Hbond substituents is 1. The molecule has 1 amide bonds. The lowest BCUT2D eigenvalue weighted by atomic mass is 10.1. The molecule has 9 heteroatoms. The number of halogens is 1. The van der Waals surface area contributed by atoms with Gasteiger partial charge in [0.15, 0.2) is 12.3 Å². The summed E-state index contributed by atoms with van der Waals surface area (Å²) in [6.45, 7) is 0.395. The van der Waals surface area contributed by atoms with Crippen LogP contribution in [0.3, 0.4) is 0 Å². The van der Waals surface area contributed by atoms with Gasteiger partial charge in [0.05, 0.1) is 16.4 Å². The van der Waals surface area contributed by atoms with Crippen LogP contribution in [0.5, 0.6) is 11.5 Å². The largest absolute Gasteiger partial charge is 0.507 e. The number of amides is 1. The number of ether oxygens (including phenoxy) is 1. The van der Waals surface area contributed by atoms with Crippen molar-refractivity contribution in [1.82, 2.24) is 14.6 Å². The topological polar surface area (TPSA) is 101 Å². The van der Waals surface area contributed by atoms with E-state index in [2.05, 4.69) is 36.6 Å². The molecule has 2 heterocycles. The quantitative estimate of drug-likeness (QED) is 0.239. The van der Waals surface area contributed by atoms with Crippen LogP contribution < -0.4 is 15.4 Å². The minimum absolute atomic E-state index is 0.0786. The highest BCUT2D eigenvalue weighted by Crippen LogP contribution is 2.31. The molecule has 0 saturated heterocycles. The summed E-state index contributed by atoms with van der Waals surface area (Å²) in [5.41, 5.74) is 3.49. The number of hydrogen-bond acceptors (Lipinski definition) is 6. The molecule has 8 nitrogen and oxygen atoms in total. The van der Waals surface area contributed by atoms with Gasteiger partial charge >= 0.3 is 0 Å².